The van der Waals surface area contributed by atoms with Crippen molar-refractivity contribution in [2.75, 3.05) is 20.3 Å². The molecule has 1 aliphatic heterocycles. The number of hydrogen-bond acceptors (Lipinski definition) is 6. The summed E-state index contributed by atoms with van der Waals surface area (Å²) in [5.74, 6) is -0.464. The van der Waals surface area contributed by atoms with Crippen molar-refractivity contribution in [3.63, 3.8) is 0 Å². The van der Waals surface area contributed by atoms with Crippen molar-refractivity contribution in [3.8, 4) is 5.75 Å². The molecule has 2 aliphatic rings. The topological polar surface area (TPSA) is 100 Å². The van der Waals surface area contributed by atoms with E-state index in [9.17, 15) is 14.7 Å². The molecule has 0 spiro atoms. The Bertz CT molecular complexity index is 1330. The lowest BCUT2D eigenvalue weighted by molar-refractivity contribution is -0.138. The highest BCUT2D eigenvalue weighted by molar-refractivity contribution is 6.30. The Morgan fingerprint density at radius 2 is 1.76 bits per heavy atom. The summed E-state index contributed by atoms with van der Waals surface area (Å²) in [5.41, 5.74) is 5.55. The first-order valence-electron chi connectivity index (χ1n) is 14.1. The zero-order chi connectivity index (χ0) is 28.8. The molecule has 0 radical (unpaired) electrons. The average molecular weight is 578 g/mol. The number of hydrogen-bond donors (Lipinski definition) is 3. The minimum atomic E-state index is -0.720. The molecule has 1 aliphatic carbocycles. The van der Waals surface area contributed by atoms with Crippen molar-refractivity contribution < 1.29 is 24.3 Å². The lowest BCUT2D eigenvalue weighted by atomic mass is 9.76. The maximum atomic E-state index is 14.3. The molecule has 2 amide bonds. The molecular formula is C32H36ClN3O5. The number of aliphatic hydroxyl groups excluding tert-OH is 1. The predicted molar refractivity (Wildman–Crippen MR) is 157 cm³/mol. The van der Waals surface area contributed by atoms with Gasteiger partial charge in [-0.25, -0.2) is 5.48 Å². The van der Waals surface area contributed by atoms with Crippen LogP contribution in [0.4, 0.5) is 0 Å². The standard InChI is InChI=1S/C32H36ClN3O5/c1-40-24-16-12-22(13-17-24)30-29(31(38)35-41-20-21-10-14-23(33)15-11-21)25-6-2-3-7-26(25)32(39)36(30)28-9-5-4-8-27(28)34-18-19-37/h2-3,6-7,10-17,27-30,34,37H,4-5,8-9,18-20H2,1H3,(H,35,38). The molecule has 41 heavy (non-hydrogen) atoms. The Hall–Kier alpha value is -3.43. The van der Waals surface area contributed by atoms with Gasteiger partial charge in [0, 0.05) is 29.2 Å². The van der Waals surface area contributed by atoms with Crippen molar-refractivity contribution in [3.05, 3.63) is 100 Å². The lowest BCUT2D eigenvalue weighted by Crippen LogP contribution is -2.58. The smallest absolute Gasteiger partial charge is 0.255 e. The largest absolute Gasteiger partial charge is 0.497 e. The molecule has 3 aromatic rings. The van der Waals surface area contributed by atoms with Crippen LogP contribution in [0.1, 0.15) is 64.7 Å². The first kappa shape index (κ1) is 29.1. The number of amides is 2. The predicted octanol–water partition coefficient (Wildman–Crippen LogP) is 4.77. The molecule has 1 fully saturated rings. The molecule has 216 valence electrons. The van der Waals surface area contributed by atoms with Gasteiger partial charge in [-0.1, -0.05) is 66.9 Å². The van der Waals surface area contributed by atoms with E-state index in [0.717, 1.165) is 36.8 Å². The van der Waals surface area contributed by atoms with Crippen molar-refractivity contribution in [1.29, 1.82) is 0 Å². The fourth-order valence-electron chi connectivity index (χ4n) is 6.12. The van der Waals surface area contributed by atoms with Gasteiger partial charge >= 0.3 is 0 Å². The highest BCUT2D eigenvalue weighted by atomic mass is 35.5. The van der Waals surface area contributed by atoms with Gasteiger partial charge in [0.2, 0.25) is 0 Å². The van der Waals surface area contributed by atoms with Crippen molar-refractivity contribution >= 4 is 23.4 Å². The summed E-state index contributed by atoms with van der Waals surface area (Å²) in [6, 6.07) is 21.4. The SMILES string of the molecule is COc1ccc(C2C(C(=O)NOCc3ccc(Cl)cc3)c3ccccc3C(=O)N2C2CCCCC2NCCO)cc1. The van der Waals surface area contributed by atoms with Crippen LogP contribution in [0, 0.1) is 0 Å². The highest BCUT2D eigenvalue weighted by Crippen LogP contribution is 2.46. The van der Waals surface area contributed by atoms with E-state index >= 15 is 0 Å². The van der Waals surface area contributed by atoms with Crippen LogP contribution in [-0.4, -0.2) is 54.2 Å². The van der Waals surface area contributed by atoms with E-state index in [1.807, 2.05) is 59.5 Å². The third kappa shape index (κ3) is 6.41. The Balaban J connectivity index is 1.53. The van der Waals surface area contributed by atoms with Crippen molar-refractivity contribution in [2.45, 2.75) is 56.3 Å². The fraction of sp³-hybridized carbons (Fsp3) is 0.375. The van der Waals surface area contributed by atoms with E-state index in [1.54, 1.807) is 25.3 Å². The highest BCUT2D eigenvalue weighted by Gasteiger charge is 2.48. The van der Waals surface area contributed by atoms with Gasteiger partial charge in [-0.2, -0.15) is 0 Å². The number of methoxy groups -OCH3 is 1. The maximum Gasteiger partial charge on any atom is 0.255 e. The minimum absolute atomic E-state index is 0.00396. The first-order valence-corrected chi connectivity index (χ1v) is 14.5. The Morgan fingerprint density at radius 3 is 2.49 bits per heavy atom. The van der Waals surface area contributed by atoms with Gasteiger partial charge in [0.05, 0.1) is 32.3 Å². The molecular weight excluding hydrogens is 542 g/mol. The van der Waals surface area contributed by atoms with Crippen LogP contribution < -0.4 is 15.5 Å². The second kappa shape index (κ2) is 13.5. The second-order valence-corrected chi connectivity index (χ2v) is 10.9. The molecule has 1 saturated carbocycles. The van der Waals surface area contributed by atoms with Gasteiger partial charge in [0.15, 0.2) is 0 Å². The summed E-state index contributed by atoms with van der Waals surface area (Å²) in [4.78, 5) is 35.9. The van der Waals surface area contributed by atoms with Gasteiger partial charge in [0.1, 0.15) is 5.75 Å². The van der Waals surface area contributed by atoms with Gasteiger partial charge in [-0.05, 0) is 59.9 Å². The number of carbonyl (C=O) groups excluding carboxylic acids is 2. The van der Waals surface area contributed by atoms with Crippen LogP contribution in [0.3, 0.4) is 0 Å². The van der Waals surface area contributed by atoms with Crippen LogP contribution in [0.25, 0.3) is 0 Å². The number of nitrogens with one attached hydrogen (secondary N) is 2. The van der Waals surface area contributed by atoms with Crippen LogP contribution >= 0.6 is 11.6 Å². The third-order valence-electron chi connectivity index (χ3n) is 8.05. The first-order chi connectivity index (χ1) is 20.0. The zero-order valence-corrected chi connectivity index (χ0v) is 23.8. The van der Waals surface area contributed by atoms with Gasteiger partial charge in [-0.15, -0.1) is 0 Å². The number of carbonyl (C=O) groups is 2. The Labute approximate surface area is 245 Å². The number of fused-ring (bicyclic) bond motifs is 1. The third-order valence-corrected chi connectivity index (χ3v) is 8.30. The summed E-state index contributed by atoms with van der Waals surface area (Å²) in [6.45, 7) is 0.621. The van der Waals surface area contributed by atoms with Crippen LogP contribution in [0.15, 0.2) is 72.8 Å². The normalized spacial score (nSPS) is 22.2. The van der Waals surface area contributed by atoms with E-state index < -0.39 is 12.0 Å². The summed E-state index contributed by atoms with van der Waals surface area (Å²) in [5, 5.41) is 13.6. The van der Waals surface area contributed by atoms with Crippen molar-refractivity contribution in [2.24, 2.45) is 0 Å². The molecule has 0 aromatic heterocycles. The minimum Gasteiger partial charge on any atom is -0.497 e. The molecule has 5 rings (SSSR count). The monoisotopic (exact) mass is 577 g/mol. The van der Waals surface area contributed by atoms with Crippen LogP contribution in [0.5, 0.6) is 5.75 Å². The number of aliphatic hydroxyl groups is 1. The van der Waals surface area contributed by atoms with E-state index in [1.165, 1.54) is 0 Å². The summed E-state index contributed by atoms with van der Waals surface area (Å²) < 4.78 is 5.39. The molecule has 4 unspecified atom stereocenters. The Kier molecular flexibility index (Phi) is 9.57. The van der Waals surface area contributed by atoms with E-state index in [2.05, 4.69) is 10.8 Å². The lowest BCUT2D eigenvalue weighted by Gasteiger charge is -2.49. The summed E-state index contributed by atoms with van der Waals surface area (Å²) in [6.07, 6.45) is 3.69. The van der Waals surface area contributed by atoms with Crippen LogP contribution in [0.2, 0.25) is 5.02 Å². The maximum absolute atomic E-state index is 14.3. The molecule has 1 heterocycles. The quantitative estimate of drug-likeness (QED) is 0.300. The molecule has 4 atom stereocenters. The molecule has 0 bridgehead atoms. The van der Waals surface area contributed by atoms with E-state index in [-0.39, 0.29) is 37.1 Å². The summed E-state index contributed by atoms with van der Waals surface area (Å²) in [7, 11) is 1.61. The van der Waals surface area contributed by atoms with Crippen LogP contribution in [-0.2, 0) is 16.2 Å². The van der Waals surface area contributed by atoms with Gasteiger partial charge < -0.3 is 20.1 Å². The second-order valence-electron chi connectivity index (χ2n) is 10.5. The number of ether oxygens (including phenoxy) is 1. The van der Waals surface area contributed by atoms with Crippen molar-refractivity contribution in [1.82, 2.24) is 15.7 Å². The average Bonchev–Trinajstić information content (AvgIpc) is 3.01. The van der Waals surface area contributed by atoms with E-state index in [4.69, 9.17) is 21.2 Å². The molecule has 3 N–H and O–H groups in total. The Morgan fingerprint density at radius 1 is 1.02 bits per heavy atom. The number of benzene rings is 3. The molecule has 3 aromatic carbocycles. The zero-order valence-electron chi connectivity index (χ0n) is 23.1. The molecule has 0 saturated heterocycles. The van der Waals surface area contributed by atoms with Gasteiger partial charge in [-0.3, -0.25) is 14.4 Å². The number of hydroxylamine groups is 1. The summed E-state index contributed by atoms with van der Waals surface area (Å²) >= 11 is 6.00. The molecule has 9 heteroatoms. The number of nitrogens with zero attached hydrogens (tertiary/aromatic N) is 1. The number of halogens is 1. The van der Waals surface area contributed by atoms with Gasteiger partial charge in [0.25, 0.3) is 11.8 Å². The number of rotatable bonds is 10. The molecule has 8 nitrogen and oxygen atoms in total. The van der Waals surface area contributed by atoms with E-state index in [0.29, 0.717) is 28.4 Å². The fourth-order valence-corrected chi connectivity index (χ4v) is 6.25.